The number of cyclic esters (lactones) is 1. The molecule has 1 aliphatic rings. The minimum atomic E-state index is -0.657. The second-order valence-electron chi connectivity index (χ2n) is 6.82. The Hall–Kier alpha value is -3.01. The molecule has 0 atom stereocenters. The van der Waals surface area contributed by atoms with Crippen molar-refractivity contribution in [1.82, 2.24) is 0 Å². The summed E-state index contributed by atoms with van der Waals surface area (Å²) in [6.07, 6.45) is -0.327. The van der Waals surface area contributed by atoms with Crippen molar-refractivity contribution in [3.8, 4) is 0 Å². The molecule has 1 N–H and O–H groups in total. The van der Waals surface area contributed by atoms with E-state index < -0.39 is 5.60 Å². The molecule has 3 aromatic rings. The van der Waals surface area contributed by atoms with Crippen molar-refractivity contribution in [1.29, 1.82) is 0 Å². The van der Waals surface area contributed by atoms with E-state index in [0.29, 0.717) is 0 Å². The fourth-order valence-corrected chi connectivity index (χ4v) is 3.32. The zero-order chi connectivity index (χ0) is 17.6. The number of carbonyl (C=O) groups excluding carboxylic acids is 1. The van der Waals surface area contributed by atoms with Crippen LogP contribution >= 0.6 is 0 Å². The Morgan fingerprint density at radius 3 is 2.60 bits per heavy atom. The molecule has 1 heterocycles. The molecular formula is C21H20N2O2. The van der Waals surface area contributed by atoms with Crippen LogP contribution in [-0.4, -0.2) is 13.1 Å². The van der Waals surface area contributed by atoms with Crippen LogP contribution in [0.25, 0.3) is 10.8 Å². The molecule has 0 fully saturated rings. The van der Waals surface area contributed by atoms with E-state index >= 15 is 0 Å². The van der Waals surface area contributed by atoms with Gasteiger partial charge in [-0.15, -0.1) is 0 Å². The highest BCUT2D eigenvalue weighted by molar-refractivity contribution is 5.96. The van der Waals surface area contributed by atoms with E-state index in [0.717, 1.165) is 22.6 Å². The normalized spacial score (nSPS) is 15.6. The fraction of sp³-hybridized carbons (Fsp3) is 0.190. The number of anilines is 3. The van der Waals surface area contributed by atoms with E-state index in [-0.39, 0.29) is 6.09 Å². The summed E-state index contributed by atoms with van der Waals surface area (Å²) < 4.78 is 5.55. The number of hydrogen-bond acceptors (Lipinski definition) is 3. The molecule has 0 saturated heterocycles. The van der Waals surface area contributed by atoms with Crippen LogP contribution in [0.4, 0.5) is 21.9 Å². The average Bonchev–Trinajstić information content (AvgIpc) is 2.60. The van der Waals surface area contributed by atoms with Crippen LogP contribution in [0.3, 0.4) is 0 Å². The van der Waals surface area contributed by atoms with Crippen molar-refractivity contribution in [2.75, 3.05) is 17.3 Å². The summed E-state index contributed by atoms with van der Waals surface area (Å²) in [6.45, 7) is 3.83. The monoisotopic (exact) mass is 332 g/mol. The van der Waals surface area contributed by atoms with E-state index in [1.807, 2.05) is 44.2 Å². The molecule has 3 aromatic carbocycles. The van der Waals surface area contributed by atoms with Crippen molar-refractivity contribution in [2.24, 2.45) is 0 Å². The van der Waals surface area contributed by atoms with Gasteiger partial charge in [-0.3, -0.25) is 4.90 Å². The lowest BCUT2D eigenvalue weighted by atomic mass is 9.93. The maximum atomic E-state index is 12.0. The lowest BCUT2D eigenvalue weighted by Gasteiger charge is -2.37. The van der Waals surface area contributed by atoms with Gasteiger partial charge in [0.1, 0.15) is 5.60 Å². The highest BCUT2D eigenvalue weighted by Crippen LogP contribution is 2.40. The van der Waals surface area contributed by atoms with Gasteiger partial charge in [0, 0.05) is 29.4 Å². The van der Waals surface area contributed by atoms with Crippen molar-refractivity contribution >= 4 is 33.9 Å². The summed E-state index contributed by atoms with van der Waals surface area (Å²) in [5.74, 6) is 0. The van der Waals surface area contributed by atoms with E-state index in [1.165, 1.54) is 10.8 Å². The number of hydrogen-bond donors (Lipinski definition) is 1. The van der Waals surface area contributed by atoms with Crippen molar-refractivity contribution in [2.45, 2.75) is 19.4 Å². The molecular weight excluding hydrogens is 312 g/mol. The van der Waals surface area contributed by atoms with Crippen molar-refractivity contribution in [3.63, 3.8) is 0 Å². The number of amides is 1. The molecule has 4 nitrogen and oxygen atoms in total. The Balaban J connectivity index is 1.77. The number of nitrogens with zero attached hydrogens (tertiary/aromatic N) is 1. The first-order chi connectivity index (χ1) is 12.0. The first-order valence-electron chi connectivity index (χ1n) is 8.32. The molecule has 1 amide bonds. The SMILES string of the molecule is CN1C(=O)OC(C)(C)c2cc(Nc3cccc4ccccc34)ccc21. The number of carbonyl (C=O) groups is 1. The highest BCUT2D eigenvalue weighted by atomic mass is 16.6. The van der Waals surface area contributed by atoms with Crippen LogP contribution in [0.1, 0.15) is 19.4 Å². The van der Waals surface area contributed by atoms with Gasteiger partial charge in [0.15, 0.2) is 0 Å². The smallest absolute Gasteiger partial charge is 0.414 e. The first kappa shape index (κ1) is 15.5. The van der Waals surface area contributed by atoms with Gasteiger partial charge < -0.3 is 10.1 Å². The minimum absolute atomic E-state index is 0.327. The number of ether oxygens (including phenoxy) is 1. The lowest BCUT2D eigenvalue weighted by Crippen LogP contribution is -2.41. The summed E-state index contributed by atoms with van der Waals surface area (Å²) in [6, 6.07) is 20.5. The third-order valence-electron chi connectivity index (χ3n) is 4.69. The standard InChI is InChI=1S/C21H20N2O2/c1-21(2)17-13-15(11-12-19(17)23(3)20(24)25-21)22-18-10-6-8-14-7-4-5-9-16(14)18/h4-13,22H,1-3H3. The van der Waals surface area contributed by atoms with E-state index in [4.69, 9.17) is 4.74 Å². The van der Waals surface area contributed by atoms with Crippen LogP contribution < -0.4 is 10.2 Å². The Morgan fingerprint density at radius 2 is 1.76 bits per heavy atom. The summed E-state index contributed by atoms with van der Waals surface area (Å²) in [5, 5.41) is 5.87. The molecule has 1 aliphatic heterocycles. The van der Waals surface area contributed by atoms with E-state index in [1.54, 1.807) is 11.9 Å². The van der Waals surface area contributed by atoms with Crippen LogP contribution in [0.5, 0.6) is 0 Å². The zero-order valence-corrected chi connectivity index (χ0v) is 14.5. The van der Waals surface area contributed by atoms with Gasteiger partial charge in [0.2, 0.25) is 0 Å². The molecule has 126 valence electrons. The summed E-state index contributed by atoms with van der Waals surface area (Å²) >= 11 is 0. The molecule has 0 aliphatic carbocycles. The highest BCUT2D eigenvalue weighted by Gasteiger charge is 2.36. The predicted octanol–water partition coefficient (Wildman–Crippen LogP) is 5.40. The van der Waals surface area contributed by atoms with Crippen molar-refractivity contribution in [3.05, 3.63) is 66.2 Å². The molecule has 0 aromatic heterocycles. The van der Waals surface area contributed by atoms with Crippen LogP contribution in [-0.2, 0) is 10.3 Å². The zero-order valence-electron chi connectivity index (χ0n) is 14.5. The Kier molecular flexibility index (Phi) is 3.42. The van der Waals surface area contributed by atoms with Gasteiger partial charge in [-0.2, -0.15) is 0 Å². The van der Waals surface area contributed by atoms with E-state index in [9.17, 15) is 4.79 Å². The second kappa shape index (κ2) is 5.52. The van der Waals surface area contributed by atoms with Gasteiger partial charge in [-0.1, -0.05) is 36.4 Å². The number of rotatable bonds is 2. The Morgan fingerprint density at radius 1 is 1.00 bits per heavy atom. The molecule has 0 bridgehead atoms. The summed E-state index contributed by atoms with van der Waals surface area (Å²) in [5.41, 5.74) is 3.23. The van der Waals surface area contributed by atoms with Gasteiger partial charge in [0.25, 0.3) is 0 Å². The van der Waals surface area contributed by atoms with Gasteiger partial charge >= 0.3 is 6.09 Å². The lowest BCUT2D eigenvalue weighted by molar-refractivity contribution is 0.0362. The number of nitrogens with one attached hydrogen (secondary N) is 1. The second-order valence-corrected chi connectivity index (χ2v) is 6.82. The first-order valence-corrected chi connectivity index (χ1v) is 8.32. The van der Waals surface area contributed by atoms with Crippen LogP contribution in [0.15, 0.2) is 60.7 Å². The fourth-order valence-electron chi connectivity index (χ4n) is 3.32. The average molecular weight is 332 g/mol. The molecule has 25 heavy (non-hydrogen) atoms. The summed E-state index contributed by atoms with van der Waals surface area (Å²) in [4.78, 5) is 13.5. The molecule has 4 rings (SSSR count). The van der Waals surface area contributed by atoms with Gasteiger partial charge in [-0.25, -0.2) is 4.79 Å². The van der Waals surface area contributed by atoms with Crippen molar-refractivity contribution < 1.29 is 9.53 Å². The Labute approximate surface area is 147 Å². The molecule has 4 heteroatoms. The number of fused-ring (bicyclic) bond motifs is 2. The van der Waals surface area contributed by atoms with Gasteiger partial charge in [-0.05, 0) is 43.5 Å². The quantitative estimate of drug-likeness (QED) is 0.682. The molecule has 0 unspecified atom stereocenters. The predicted molar refractivity (Wildman–Crippen MR) is 102 cm³/mol. The third kappa shape index (κ3) is 2.60. The molecule has 0 radical (unpaired) electrons. The van der Waals surface area contributed by atoms with Gasteiger partial charge in [0.05, 0.1) is 5.69 Å². The van der Waals surface area contributed by atoms with Crippen LogP contribution in [0.2, 0.25) is 0 Å². The van der Waals surface area contributed by atoms with E-state index in [2.05, 4.69) is 35.6 Å². The molecule has 0 saturated carbocycles. The number of benzene rings is 3. The maximum absolute atomic E-state index is 12.0. The topological polar surface area (TPSA) is 41.6 Å². The minimum Gasteiger partial charge on any atom is -0.438 e. The molecule has 0 spiro atoms. The Bertz CT molecular complexity index is 973. The third-order valence-corrected chi connectivity index (χ3v) is 4.69. The summed E-state index contributed by atoms with van der Waals surface area (Å²) in [7, 11) is 1.73. The maximum Gasteiger partial charge on any atom is 0.414 e. The van der Waals surface area contributed by atoms with Crippen LogP contribution in [0, 0.1) is 0 Å². The largest absolute Gasteiger partial charge is 0.438 e.